The number of nitrogens with one attached hydrogen (secondary N) is 3. The molecule has 1 aromatic heterocycles. The van der Waals surface area contributed by atoms with E-state index < -0.39 is 0 Å². The number of nitrogens with zero attached hydrogens (tertiary/aromatic N) is 1. The van der Waals surface area contributed by atoms with E-state index in [-0.39, 0.29) is 12.5 Å². The third kappa shape index (κ3) is 3.40. The van der Waals surface area contributed by atoms with Crippen molar-refractivity contribution in [1.29, 1.82) is 0 Å². The number of aromatic amines is 1. The van der Waals surface area contributed by atoms with Gasteiger partial charge in [0.2, 0.25) is 11.9 Å². The van der Waals surface area contributed by atoms with Gasteiger partial charge in [0.05, 0.1) is 13.1 Å². The second kappa shape index (κ2) is 4.95. The lowest BCUT2D eigenvalue weighted by Gasteiger charge is -2.00. The van der Waals surface area contributed by atoms with E-state index in [0.717, 1.165) is 0 Å². The van der Waals surface area contributed by atoms with Crippen LogP contribution in [0, 0.1) is 12.3 Å². The maximum atomic E-state index is 11.1. The maximum absolute atomic E-state index is 11.1. The number of anilines is 1. The molecule has 0 atom stereocenters. The fourth-order valence-corrected chi connectivity index (χ4v) is 0.758. The summed E-state index contributed by atoms with van der Waals surface area (Å²) in [5.41, 5.74) is 0. The molecule has 0 saturated carbocycles. The molecule has 0 aliphatic rings. The van der Waals surface area contributed by atoms with E-state index in [1.807, 2.05) is 0 Å². The summed E-state index contributed by atoms with van der Waals surface area (Å²) in [4.78, 5) is 17.7. The predicted molar refractivity (Wildman–Crippen MR) is 48.9 cm³/mol. The van der Waals surface area contributed by atoms with Crippen LogP contribution in [-0.4, -0.2) is 29.0 Å². The number of amides is 1. The molecule has 1 rings (SSSR count). The van der Waals surface area contributed by atoms with Gasteiger partial charge < -0.3 is 4.98 Å². The third-order valence-corrected chi connectivity index (χ3v) is 1.27. The lowest BCUT2D eigenvalue weighted by molar-refractivity contribution is -0.115. The maximum Gasteiger partial charge on any atom is 0.240 e. The number of hydrogen-bond donors (Lipinski definition) is 3. The summed E-state index contributed by atoms with van der Waals surface area (Å²) in [5, 5.41) is 5.30. The van der Waals surface area contributed by atoms with E-state index in [1.165, 1.54) is 0 Å². The number of rotatable bonds is 4. The van der Waals surface area contributed by atoms with Crippen LogP contribution in [0.1, 0.15) is 0 Å². The van der Waals surface area contributed by atoms with Crippen molar-refractivity contribution in [2.45, 2.75) is 0 Å². The molecule has 5 heteroatoms. The Morgan fingerprint density at radius 2 is 2.62 bits per heavy atom. The Labute approximate surface area is 75.9 Å². The molecule has 0 aliphatic carbocycles. The summed E-state index contributed by atoms with van der Waals surface area (Å²) in [7, 11) is 0. The zero-order valence-corrected chi connectivity index (χ0v) is 7.00. The zero-order valence-electron chi connectivity index (χ0n) is 7.00. The van der Waals surface area contributed by atoms with Gasteiger partial charge in [0.1, 0.15) is 0 Å². The van der Waals surface area contributed by atoms with Gasteiger partial charge in [0, 0.05) is 12.4 Å². The topological polar surface area (TPSA) is 69.8 Å². The average molecular weight is 178 g/mol. The smallest absolute Gasteiger partial charge is 0.240 e. The summed E-state index contributed by atoms with van der Waals surface area (Å²) in [6, 6.07) is 0. The Kier molecular flexibility index (Phi) is 3.54. The Balaban J connectivity index is 2.23. The number of aromatic nitrogens is 2. The molecule has 1 aromatic rings. The van der Waals surface area contributed by atoms with E-state index in [4.69, 9.17) is 6.42 Å². The number of H-pyrrole nitrogens is 1. The number of imidazole rings is 1. The molecule has 1 heterocycles. The Bertz CT molecular complexity index is 298. The molecule has 0 bridgehead atoms. The minimum Gasteiger partial charge on any atom is -0.331 e. The lowest BCUT2D eigenvalue weighted by Crippen LogP contribution is -2.28. The molecule has 0 aliphatic heterocycles. The Morgan fingerprint density at radius 3 is 3.23 bits per heavy atom. The van der Waals surface area contributed by atoms with Gasteiger partial charge in [-0.25, -0.2) is 4.98 Å². The van der Waals surface area contributed by atoms with E-state index in [9.17, 15) is 4.79 Å². The van der Waals surface area contributed by atoms with Gasteiger partial charge in [0.15, 0.2) is 0 Å². The third-order valence-electron chi connectivity index (χ3n) is 1.27. The quantitative estimate of drug-likeness (QED) is 0.433. The minimum absolute atomic E-state index is 0.176. The van der Waals surface area contributed by atoms with Crippen LogP contribution in [0.5, 0.6) is 0 Å². The van der Waals surface area contributed by atoms with Gasteiger partial charge in [-0.2, -0.15) is 0 Å². The number of hydrogen-bond acceptors (Lipinski definition) is 3. The normalized spacial score (nSPS) is 9.15. The fraction of sp³-hybridized carbons (Fsp3) is 0.250. The van der Waals surface area contributed by atoms with Gasteiger partial charge in [-0.15, -0.1) is 6.42 Å². The van der Waals surface area contributed by atoms with Crippen molar-refractivity contribution in [2.75, 3.05) is 18.4 Å². The van der Waals surface area contributed by atoms with E-state index in [0.29, 0.717) is 12.5 Å². The molecule has 0 unspecified atom stereocenters. The monoisotopic (exact) mass is 178 g/mol. The first-order valence-electron chi connectivity index (χ1n) is 3.76. The lowest BCUT2D eigenvalue weighted by atomic mass is 10.5. The summed E-state index contributed by atoms with van der Waals surface area (Å²) in [6.07, 6.45) is 8.18. The molecular weight excluding hydrogens is 168 g/mol. The fourth-order valence-electron chi connectivity index (χ4n) is 0.758. The molecule has 68 valence electrons. The van der Waals surface area contributed by atoms with Gasteiger partial charge in [0.25, 0.3) is 0 Å². The first-order chi connectivity index (χ1) is 6.33. The highest BCUT2D eigenvalue weighted by Crippen LogP contribution is 1.93. The van der Waals surface area contributed by atoms with Crippen LogP contribution in [0.2, 0.25) is 0 Å². The highest BCUT2D eigenvalue weighted by molar-refractivity contribution is 5.90. The summed E-state index contributed by atoms with van der Waals surface area (Å²) in [6.45, 7) is 0.566. The standard InChI is InChI=1S/C8H10N4O/c1-2-3-9-6-7(13)12-8-10-4-5-11-8/h1,4-5,9H,3,6H2,(H2,10,11,12,13). The van der Waals surface area contributed by atoms with Crippen LogP contribution < -0.4 is 10.6 Å². The summed E-state index contributed by atoms with van der Waals surface area (Å²) >= 11 is 0. The first-order valence-corrected chi connectivity index (χ1v) is 3.76. The molecular formula is C8H10N4O. The Hall–Kier alpha value is -1.80. The predicted octanol–water partition coefficient (Wildman–Crippen LogP) is -0.429. The SMILES string of the molecule is C#CCNCC(=O)Nc1ncc[nH]1. The molecule has 3 N–H and O–H groups in total. The van der Waals surface area contributed by atoms with Crippen LogP contribution in [0.15, 0.2) is 12.4 Å². The van der Waals surface area contributed by atoms with Crippen LogP contribution in [0.4, 0.5) is 5.95 Å². The van der Waals surface area contributed by atoms with Crippen molar-refractivity contribution in [2.24, 2.45) is 0 Å². The van der Waals surface area contributed by atoms with E-state index >= 15 is 0 Å². The van der Waals surface area contributed by atoms with Gasteiger partial charge >= 0.3 is 0 Å². The summed E-state index contributed by atoms with van der Waals surface area (Å²) < 4.78 is 0. The van der Waals surface area contributed by atoms with Crippen LogP contribution in [0.25, 0.3) is 0 Å². The minimum atomic E-state index is -0.176. The average Bonchev–Trinajstić information content (AvgIpc) is 2.57. The molecule has 0 aromatic carbocycles. The van der Waals surface area contributed by atoms with Crippen molar-refractivity contribution in [3.05, 3.63) is 12.4 Å². The summed E-state index contributed by atoms with van der Waals surface area (Å²) in [5.74, 6) is 2.63. The Morgan fingerprint density at radius 1 is 1.77 bits per heavy atom. The zero-order chi connectivity index (χ0) is 9.52. The van der Waals surface area contributed by atoms with Crippen LogP contribution in [0.3, 0.4) is 0 Å². The molecule has 0 spiro atoms. The number of terminal acetylenes is 1. The first kappa shape index (κ1) is 9.29. The highest BCUT2D eigenvalue weighted by atomic mass is 16.2. The van der Waals surface area contributed by atoms with Crippen molar-refractivity contribution in [3.63, 3.8) is 0 Å². The van der Waals surface area contributed by atoms with Gasteiger partial charge in [-0.1, -0.05) is 5.92 Å². The number of carbonyl (C=O) groups is 1. The van der Waals surface area contributed by atoms with Crippen LogP contribution in [-0.2, 0) is 4.79 Å². The van der Waals surface area contributed by atoms with Gasteiger partial charge in [-0.05, 0) is 0 Å². The van der Waals surface area contributed by atoms with Crippen molar-refractivity contribution < 1.29 is 4.79 Å². The van der Waals surface area contributed by atoms with Gasteiger partial charge in [-0.3, -0.25) is 15.4 Å². The van der Waals surface area contributed by atoms with E-state index in [1.54, 1.807) is 12.4 Å². The van der Waals surface area contributed by atoms with Crippen molar-refractivity contribution in [3.8, 4) is 12.3 Å². The molecule has 0 saturated heterocycles. The molecule has 5 nitrogen and oxygen atoms in total. The second-order valence-corrected chi connectivity index (χ2v) is 2.29. The van der Waals surface area contributed by atoms with Crippen LogP contribution >= 0.6 is 0 Å². The molecule has 0 radical (unpaired) electrons. The largest absolute Gasteiger partial charge is 0.331 e. The second-order valence-electron chi connectivity index (χ2n) is 2.29. The van der Waals surface area contributed by atoms with Crippen molar-refractivity contribution in [1.82, 2.24) is 15.3 Å². The molecule has 0 fully saturated rings. The highest BCUT2D eigenvalue weighted by Gasteiger charge is 2.01. The van der Waals surface area contributed by atoms with E-state index in [2.05, 4.69) is 26.5 Å². The number of carbonyl (C=O) groups excluding carboxylic acids is 1. The molecule has 1 amide bonds. The molecule has 13 heavy (non-hydrogen) atoms. The van der Waals surface area contributed by atoms with Crippen molar-refractivity contribution >= 4 is 11.9 Å².